The summed E-state index contributed by atoms with van der Waals surface area (Å²) in [5, 5.41) is 5.77. The Morgan fingerprint density at radius 3 is 2.06 bits per heavy atom. The highest BCUT2D eigenvalue weighted by molar-refractivity contribution is 7.80. The average molecular weight is 448 g/mol. The van der Waals surface area contributed by atoms with Crippen LogP contribution in [0.4, 0.5) is 11.4 Å². The Hall–Kier alpha value is -3.71. The number of thiocarbonyl (C=S) groups is 1. The molecule has 3 aromatic carbocycles. The lowest BCUT2D eigenvalue weighted by molar-refractivity contribution is 0.0974. The molecule has 3 rings (SSSR count). The van der Waals surface area contributed by atoms with Crippen LogP contribution in [0, 0.1) is 0 Å². The first-order chi connectivity index (χ1) is 15.3. The number of hydrogen-bond donors (Lipinski definition) is 2. The molecule has 0 saturated carbocycles. The molecule has 6 nitrogen and oxygen atoms in total. The van der Waals surface area contributed by atoms with E-state index in [2.05, 4.69) is 10.6 Å². The zero-order chi connectivity index (χ0) is 23.1. The van der Waals surface area contributed by atoms with Gasteiger partial charge >= 0.3 is 0 Å². The summed E-state index contributed by atoms with van der Waals surface area (Å²) < 4.78 is 5.58. The molecule has 3 aromatic rings. The fourth-order valence-electron chi connectivity index (χ4n) is 2.95. The van der Waals surface area contributed by atoms with E-state index in [0.29, 0.717) is 22.6 Å². The lowest BCUT2D eigenvalue weighted by Gasteiger charge is -2.17. The fraction of sp³-hybridized carbons (Fsp3) is 0.160. The predicted octanol–water partition coefficient (Wildman–Crippen LogP) is 4.88. The van der Waals surface area contributed by atoms with Gasteiger partial charge < -0.3 is 15.0 Å². The highest BCUT2D eigenvalue weighted by atomic mass is 32.1. The zero-order valence-electron chi connectivity index (χ0n) is 18.2. The molecule has 0 heterocycles. The number of amides is 2. The molecular formula is C25H25N3O3S. The minimum absolute atomic E-state index is 0.0619. The van der Waals surface area contributed by atoms with Crippen molar-refractivity contribution in [3.63, 3.8) is 0 Å². The second-order valence-corrected chi connectivity index (χ2v) is 7.78. The van der Waals surface area contributed by atoms with E-state index in [1.165, 1.54) is 0 Å². The van der Waals surface area contributed by atoms with Crippen molar-refractivity contribution >= 4 is 40.5 Å². The first-order valence-corrected chi connectivity index (χ1v) is 10.6. The Morgan fingerprint density at radius 1 is 0.875 bits per heavy atom. The van der Waals surface area contributed by atoms with Crippen molar-refractivity contribution in [3.8, 4) is 5.75 Å². The summed E-state index contributed by atoms with van der Waals surface area (Å²) in [6, 6.07) is 23.2. The molecule has 0 bridgehead atoms. The van der Waals surface area contributed by atoms with Gasteiger partial charge in [0.2, 0.25) is 0 Å². The van der Waals surface area contributed by atoms with Crippen molar-refractivity contribution in [1.82, 2.24) is 5.32 Å². The number of rotatable bonds is 6. The minimum Gasteiger partial charge on any atom is -0.491 e. The Bertz CT molecular complexity index is 1080. The summed E-state index contributed by atoms with van der Waals surface area (Å²) in [7, 11) is 1.73. The highest BCUT2D eigenvalue weighted by Gasteiger charge is 2.13. The van der Waals surface area contributed by atoms with Gasteiger partial charge in [-0.25, -0.2) is 0 Å². The number of nitrogens with zero attached hydrogens (tertiary/aromatic N) is 1. The molecule has 0 radical (unpaired) electrons. The maximum atomic E-state index is 12.7. The van der Waals surface area contributed by atoms with Crippen LogP contribution < -0.4 is 20.3 Å². The molecule has 0 unspecified atom stereocenters. The third kappa shape index (κ3) is 6.15. The molecule has 0 aliphatic carbocycles. The molecule has 0 aromatic heterocycles. The van der Waals surface area contributed by atoms with Gasteiger partial charge in [-0.2, -0.15) is 0 Å². The number of anilines is 2. The second-order valence-electron chi connectivity index (χ2n) is 7.38. The molecule has 7 heteroatoms. The Balaban J connectivity index is 1.56. The van der Waals surface area contributed by atoms with Gasteiger partial charge in [0.1, 0.15) is 5.75 Å². The van der Waals surface area contributed by atoms with Crippen molar-refractivity contribution in [3.05, 3.63) is 90.0 Å². The largest absolute Gasteiger partial charge is 0.491 e. The maximum Gasteiger partial charge on any atom is 0.258 e. The molecule has 2 N–H and O–H groups in total. The van der Waals surface area contributed by atoms with E-state index in [1.807, 2.05) is 44.2 Å². The predicted molar refractivity (Wildman–Crippen MR) is 132 cm³/mol. The van der Waals surface area contributed by atoms with Crippen LogP contribution in [0.2, 0.25) is 0 Å². The van der Waals surface area contributed by atoms with Gasteiger partial charge in [0, 0.05) is 29.5 Å². The van der Waals surface area contributed by atoms with E-state index < -0.39 is 0 Å². The lowest BCUT2D eigenvalue weighted by Crippen LogP contribution is -2.34. The fourth-order valence-corrected chi connectivity index (χ4v) is 3.16. The monoisotopic (exact) mass is 447 g/mol. The number of hydrogen-bond acceptors (Lipinski definition) is 4. The normalized spacial score (nSPS) is 10.4. The summed E-state index contributed by atoms with van der Waals surface area (Å²) in [4.78, 5) is 26.7. The molecule has 0 fully saturated rings. The van der Waals surface area contributed by atoms with E-state index in [-0.39, 0.29) is 23.0 Å². The molecule has 0 atom stereocenters. The number of ether oxygens (including phenoxy) is 1. The topological polar surface area (TPSA) is 70.7 Å². The van der Waals surface area contributed by atoms with E-state index in [1.54, 1.807) is 60.5 Å². The van der Waals surface area contributed by atoms with Gasteiger partial charge in [0.25, 0.3) is 11.8 Å². The number of carbonyl (C=O) groups excluding carboxylic acids is 2. The van der Waals surface area contributed by atoms with Gasteiger partial charge in [-0.1, -0.05) is 18.2 Å². The number of carbonyl (C=O) groups is 2. The maximum absolute atomic E-state index is 12.7. The van der Waals surface area contributed by atoms with Crippen LogP contribution in [0.1, 0.15) is 34.6 Å². The third-order valence-corrected chi connectivity index (χ3v) is 4.76. The zero-order valence-corrected chi connectivity index (χ0v) is 19.0. The van der Waals surface area contributed by atoms with Gasteiger partial charge in [-0.3, -0.25) is 14.9 Å². The Kier molecular flexibility index (Phi) is 7.57. The summed E-state index contributed by atoms with van der Waals surface area (Å²) in [5.74, 6) is 0.253. The summed E-state index contributed by atoms with van der Waals surface area (Å²) in [6.07, 6.45) is 0.0619. The van der Waals surface area contributed by atoms with Crippen molar-refractivity contribution in [2.45, 2.75) is 20.0 Å². The summed E-state index contributed by atoms with van der Waals surface area (Å²) in [5.41, 5.74) is 2.48. The number of para-hydroxylation sites is 1. The van der Waals surface area contributed by atoms with Gasteiger partial charge in [0.05, 0.1) is 6.10 Å². The van der Waals surface area contributed by atoms with Crippen LogP contribution in [-0.4, -0.2) is 30.1 Å². The molecule has 32 heavy (non-hydrogen) atoms. The SMILES string of the molecule is CC(C)Oc1ccc(C(=O)NC(=S)Nc2ccc(C(=O)N(C)c3ccccc3)cc2)cc1. The molecular weight excluding hydrogens is 422 g/mol. The van der Waals surface area contributed by atoms with Crippen molar-refractivity contribution < 1.29 is 14.3 Å². The molecule has 2 amide bonds. The standard InChI is InChI=1S/C25H25N3O3S/c1-17(2)31-22-15-11-18(12-16-22)23(29)27-25(32)26-20-13-9-19(10-14-20)24(30)28(3)21-7-5-4-6-8-21/h4-17H,1-3H3,(H2,26,27,29,32). The van der Waals surface area contributed by atoms with Crippen LogP contribution in [0.3, 0.4) is 0 Å². The van der Waals surface area contributed by atoms with Crippen molar-refractivity contribution in [1.29, 1.82) is 0 Å². The lowest BCUT2D eigenvalue weighted by atomic mass is 10.1. The smallest absolute Gasteiger partial charge is 0.258 e. The van der Waals surface area contributed by atoms with Crippen LogP contribution in [-0.2, 0) is 0 Å². The van der Waals surface area contributed by atoms with E-state index >= 15 is 0 Å². The Labute approximate surface area is 193 Å². The van der Waals surface area contributed by atoms with Crippen LogP contribution in [0.5, 0.6) is 5.75 Å². The number of benzene rings is 3. The molecule has 164 valence electrons. The van der Waals surface area contributed by atoms with E-state index in [4.69, 9.17) is 17.0 Å². The first kappa shape index (κ1) is 23.0. The van der Waals surface area contributed by atoms with Crippen LogP contribution in [0.25, 0.3) is 0 Å². The minimum atomic E-state index is -0.324. The van der Waals surface area contributed by atoms with E-state index in [9.17, 15) is 9.59 Å². The van der Waals surface area contributed by atoms with Gasteiger partial charge in [-0.05, 0) is 86.7 Å². The first-order valence-electron chi connectivity index (χ1n) is 10.2. The number of nitrogens with one attached hydrogen (secondary N) is 2. The molecule has 0 aliphatic heterocycles. The van der Waals surface area contributed by atoms with Crippen molar-refractivity contribution in [2.24, 2.45) is 0 Å². The molecule has 0 aliphatic rings. The van der Waals surface area contributed by atoms with Gasteiger partial charge in [-0.15, -0.1) is 0 Å². The van der Waals surface area contributed by atoms with Gasteiger partial charge in [0.15, 0.2) is 5.11 Å². The Morgan fingerprint density at radius 2 is 1.47 bits per heavy atom. The van der Waals surface area contributed by atoms with E-state index in [0.717, 1.165) is 5.69 Å². The summed E-state index contributed by atoms with van der Waals surface area (Å²) >= 11 is 5.24. The molecule has 0 spiro atoms. The summed E-state index contributed by atoms with van der Waals surface area (Å²) in [6.45, 7) is 3.88. The van der Waals surface area contributed by atoms with Crippen LogP contribution in [0.15, 0.2) is 78.9 Å². The second kappa shape index (κ2) is 10.5. The third-order valence-electron chi connectivity index (χ3n) is 4.55. The highest BCUT2D eigenvalue weighted by Crippen LogP contribution is 2.17. The van der Waals surface area contributed by atoms with Crippen molar-refractivity contribution in [2.75, 3.05) is 17.3 Å². The quantitative estimate of drug-likeness (QED) is 0.527. The average Bonchev–Trinajstić information content (AvgIpc) is 2.79. The molecule has 0 saturated heterocycles. The van der Waals surface area contributed by atoms with Crippen LogP contribution >= 0.6 is 12.2 Å².